The second-order valence-corrected chi connectivity index (χ2v) is 5.23. The molecule has 1 aromatic carbocycles. The molecule has 0 aliphatic carbocycles. The number of anilines is 1. The van der Waals surface area contributed by atoms with Gasteiger partial charge in [-0.25, -0.2) is 0 Å². The van der Waals surface area contributed by atoms with E-state index in [2.05, 4.69) is 33.6 Å². The number of rotatable bonds is 1. The largest absolute Gasteiger partial charge is 0.398 e. The molecule has 0 saturated carbocycles. The molecular weight excluding hydrogens is 266 g/mol. The number of thioether (sulfide) groups is 1. The van der Waals surface area contributed by atoms with E-state index in [1.807, 2.05) is 6.07 Å². The summed E-state index contributed by atoms with van der Waals surface area (Å²) in [6.07, 6.45) is 2.08. The van der Waals surface area contributed by atoms with Gasteiger partial charge in [0.25, 0.3) is 0 Å². The summed E-state index contributed by atoms with van der Waals surface area (Å²) in [4.78, 5) is 1.27. The fourth-order valence-corrected chi connectivity index (χ4v) is 3.80. The summed E-state index contributed by atoms with van der Waals surface area (Å²) in [5, 5.41) is 3.33. The third-order valence-electron chi connectivity index (χ3n) is 1.88. The highest BCUT2D eigenvalue weighted by molar-refractivity contribution is 9.10. The van der Waals surface area contributed by atoms with Crippen molar-refractivity contribution in [3.8, 4) is 0 Å². The first-order chi connectivity index (χ1) is 6.24. The van der Waals surface area contributed by atoms with Gasteiger partial charge in [0, 0.05) is 14.8 Å². The average molecular weight is 274 g/mol. The smallest absolute Gasteiger partial charge is 0.0584 e. The molecule has 0 saturated heterocycles. The second kappa shape index (κ2) is 3.52. The molecule has 13 heavy (non-hydrogen) atoms. The fraction of sp³-hybridized carbons (Fsp3) is 0.111. The van der Waals surface area contributed by atoms with Crippen LogP contribution in [0.15, 0.2) is 26.9 Å². The lowest BCUT2D eigenvalue weighted by Crippen LogP contribution is -1.86. The van der Waals surface area contributed by atoms with E-state index in [0.717, 1.165) is 10.2 Å². The Morgan fingerprint density at radius 2 is 2.31 bits per heavy atom. The molecule has 0 fully saturated rings. The van der Waals surface area contributed by atoms with Crippen molar-refractivity contribution in [2.75, 3.05) is 12.0 Å². The predicted molar refractivity (Wildman–Crippen MR) is 65.7 cm³/mol. The van der Waals surface area contributed by atoms with E-state index in [4.69, 9.17) is 5.73 Å². The van der Waals surface area contributed by atoms with E-state index in [9.17, 15) is 0 Å². The van der Waals surface area contributed by atoms with E-state index in [1.54, 1.807) is 23.1 Å². The molecule has 0 bridgehead atoms. The molecule has 1 aromatic heterocycles. The SMILES string of the molecule is CSc1c(Br)cc(N)c2sccc12. The molecule has 0 spiro atoms. The summed E-state index contributed by atoms with van der Waals surface area (Å²) in [6, 6.07) is 4.09. The molecule has 68 valence electrons. The van der Waals surface area contributed by atoms with Gasteiger partial charge in [0.1, 0.15) is 0 Å². The summed E-state index contributed by atoms with van der Waals surface area (Å²) in [6.45, 7) is 0. The van der Waals surface area contributed by atoms with Gasteiger partial charge in [-0.2, -0.15) is 0 Å². The van der Waals surface area contributed by atoms with Crippen molar-refractivity contribution in [1.29, 1.82) is 0 Å². The zero-order chi connectivity index (χ0) is 9.42. The van der Waals surface area contributed by atoms with E-state index in [0.29, 0.717) is 0 Å². The molecule has 2 N–H and O–H groups in total. The van der Waals surface area contributed by atoms with Crippen LogP contribution in [0, 0.1) is 0 Å². The Morgan fingerprint density at radius 1 is 1.54 bits per heavy atom. The fourth-order valence-electron chi connectivity index (χ4n) is 1.32. The monoisotopic (exact) mass is 273 g/mol. The first-order valence-corrected chi connectivity index (χ1v) is 6.63. The lowest BCUT2D eigenvalue weighted by molar-refractivity contribution is 1.50. The Hall–Kier alpha value is -0.190. The van der Waals surface area contributed by atoms with Gasteiger partial charge in [-0.1, -0.05) is 0 Å². The van der Waals surface area contributed by atoms with E-state index in [-0.39, 0.29) is 0 Å². The third kappa shape index (κ3) is 1.47. The summed E-state index contributed by atoms with van der Waals surface area (Å²) in [5.74, 6) is 0. The number of benzene rings is 1. The van der Waals surface area contributed by atoms with Crippen molar-refractivity contribution in [3.05, 3.63) is 22.0 Å². The summed E-state index contributed by atoms with van der Waals surface area (Å²) < 4.78 is 2.27. The first kappa shape index (κ1) is 9.37. The molecule has 0 atom stereocenters. The maximum absolute atomic E-state index is 5.90. The molecule has 2 aromatic rings. The van der Waals surface area contributed by atoms with Crippen LogP contribution in [0.1, 0.15) is 0 Å². The number of halogens is 1. The Bertz CT molecular complexity index is 450. The average Bonchev–Trinajstić information content (AvgIpc) is 2.53. The van der Waals surface area contributed by atoms with Crippen molar-refractivity contribution in [2.24, 2.45) is 0 Å². The van der Waals surface area contributed by atoms with E-state index < -0.39 is 0 Å². The van der Waals surface area contributed by atoms with E-state index in [1.165, 1.54) is 15.0 Å². The van der Waals surface area contributed by atoms with Crippen LogP contribution in [0.5, 0.6) is 0 Å². The van der Waals surface area contributed by atoms with Crippen LogP contribution in [0.4, 0.5) is 5.69 Å². The highest BCUT2D eigenvalue weighted by Gasteiger charge is 2.08. The van der Waals surface area contributed by atoms with Crippen LogP contribution < -0.4 is 5.73 Å². The van der Waals surface area contributed by atoms with Gasteiger partial charge >= 0.3 is 0 Å². The number of hydrogen-bond donors (Lipinski definition) is 1. The first-order valence-electron chi connectivity index (χ1n) is 3.73. The van der Waals surface area contributed by atoms with Gasteiger partial charge in [-0.15, -0.1) is 23.1 Å². The zero-order valence-corrected chi connectivity index (χ0v) is 10.2. The zero-order valence-electron chi connectivity index (χ0n) is 7.00. The molecule has 4 heteroatoms. The number of hydrogen-bond acceptors (Lipinski definition) is 3. The van der Waals surface area contributed by atoms with Crippen molar-refractivity contribution >= 4 is 54.8 Å². The maximum Gasteiger partial charge on any atom is 0.0584 e. The van der Waals surface area contributed by atoms with Gasteiger partial charge in [0.2, 0.25) is 0 Å². The molecule has 2 rings (SSSR count). The van der Waals surface area contributed by atoms with Gasteiger partial charge < -0.3 is 5.73 Å². The van der Waals surface area contributed by atoms with Gasteiger partial charge in [-0.05, 0) is 39.7 Å². The lowest BCUT2D eigenvalue weighted by Gasteiger charge is -2.04. The number of fused-ring (bicyclic) bond motifs is 1. The molecule has 1 heterocycles. The minimum atomic E-state index is 0.856. The van der Waals surface area contributed by atoms with Crippen molar-refractivity contribution in [2.45, 2.75) is 4.90 Å². The number of thiophene rings is 1. The molecule has 0 radical (unpaired) electrons. The molecule has 1 nitrogen and oxygen atoms in total. The van der Waals surface area contributed by atoms with Crippen molar-refractivity contribution < 1.29 is 0 Å². The van der Waals surface area contributed by atoms with Crippen molar-refractivity contribution in [1.82, 2.24) is 0 Å². The second-order valence-electron chi connectivity index (χ2n) is 2.64. The van der Waals surface area contributed by atoms with Crippen LogP contribution in [0.2, 0.25) is 0 Å². The van der Waals surface area contributed by atoms with Crippen LogP contribution in [-0.2, 0) is 0 Å². The highest BCUT2D eigenvalue weighted by Crippen LogP contribution is 2.39. The third-order valence-corrected chi connectivity index (χ3v) is 4.57. The molecule has 0 unspecified atom stereocenters. The Morgan fingerprint density at radius 3 is 3.00 bits per heavy atom. The van der Waals surface area contributed by atoms with Crippen LogP contribution in [-0.4, -0.2) is 6.26 Å². The Kier molecular flexibility index (Phi) is 2.53. The van der Waals surface area contributed by atoms with E-state index >= 15 is 0 Å². The Balaban J connectivity index is 2.88. The summed E-state index contributed by atoms with van der Waals surface area (Å²) >= 11 is 6.95. The normalized spacial score (nSPS) is 10.9. The topological polar surface area (TPSA) is 26.0 Å². The minimum absolute atomic E-state index is 0.856. The van der Waals surface area contributed by atoms with Crippen molar-refractivity contribution in [3.63, 3.8) is 0 Å². The van der Waals surface area contributed by atoms with Gasteiger partial charge in [-0.3, -0.25) is 0 Å². The molecular formula is C9H8BrNS2. The van der Waals surface area contributed by atoms with Crippen LogP contribution in [0.3, 0.4) is 0 Å². The highest BCUT2D eigenvalue weighted by atomic mass is 79.9. The molecule has 0 amide bonds. The summed E-state index contributed by atoms with van der Waals surface area (Å²) in [5.41, 5.74) is 6.75. The quantitative estimate of drug-likeness (QED) is 0.629. The van der Waals surface area contributed by atoms with Gasteiger partial charge in [0.05, 0.1) is 10.4 Å². The molecule has 0 aliphatic heterocycles. The minimum Gasteiger partial charge on any atom is -0.398 e. The predicted octanol–water partition coefficient (Wildman–Crippen LogP) is 3.97. The van der Waals surface area contributed by atoms with Crippen LogP contribution >= 0.6 is 39.0 Å². The van der Waals surface area contributed by atoms with Crippen LogP contribution in [0.25, 0.3) is 10.1 Å². The molecule has 0 aliphatic rings. The lowest BCUT2D eigenvalue weighted by atomic mass is 10.2. The Labute approximate surface area is 93.4 Å². The number of nitrogens with two attached hydrogens (primary N) is 1. The maximum atomic E-state index is 5.90. The standard InChI is InChI=1S/C9H8BrNS2/c1-12-8-5-2-3-13-9(5)7(11)4-6(8)10/h2-4H,11H2,1H3. The van der Waals surface area contributed by atoms with Gasteiger partial charge in [0.15, 0.2) is 0 Å². The number of nitrogen functional groups attached to an aromatic ring is 1. The summed E-state index contributed by atoms with van der Waals surface area (Å²) in [7, 11) is 0.